The van der Waals surface area contributed by atoms with Crippen LogP contribution in [0.15, 0.2) is 16.8 Å². The van der Waals surface area contributed by atoms with Crippen molar-refractivity contribution in [1.29, 1.82) is 0 Å². The summed E-state index contributed by atoms with van der Waals surface area (Å²) in [5.41, 5.74) is 12.1. The molecule has 0 aliphatic heterocycles. The van der Waals surface area contributed by atoms with E-state index in [2.05, 4.69) is 25.8 Å². The molecule has 0 atom stereocenters. The predicted molar refractivity (Wildman–Crippen MR) is 94.5 cm³/mol. The summed E-state index contributed by atoms with van der Waals surface area (Å²) in [6.07, 6.45) is 0. The Bertz CT molecular complexity index is 665. The van der Waals surface area contributed by atoms with Gasteiger partial charge in [0, 0.05) is 58.4 Å². The number of rotatable bonds is 12. The summed E-state index contributed by atoms with van der Waals surface area (Å²) >= 11 is 0. The Balaban J connectivity index is 2.19. The van der Waals surface area contributed by atoms with Crippen LogP contribution in [0.25, 0.3) is 11.0 Å². The average Bonchev–Trinajstić information content (AvgIpc) is 3.09. The summed E-state index contributed by atoms with van der Waals surface area (Å²) < 4.78 is 4.74. The maximum atomic E-state index is 11.1. The highest BCUT2D eigenvalue weighted by molar-refractivity contribution is 5.93. The largest absolute Gasteiger partial charge is 0.367 e. The van der Waals surface area contributed by atoms with E-state index in [0.717, 1.165) is 31.9 Å². The van der Waals surface area contributed by atoms with E-state index in [1.165, 1.54) is 6.07 Å². The van der Waals surface area contributed by atoms with E-state index in [1.54, 1.807) is 6.07 Å². The van der Waals surface area contributed by atoms with E-state index in [9.17, 15) is 10.1 Å². The number of nitro groups is 1. The molecule has 1 heterocycles. The lowest BCUT2D eigenvalue weighted by atomic mass is 10.2. The summed E-state index contributed by atoms with van der Waals surface area (Å²) in [6, 6.07) is 3.10. The van der Waals surface area contributed by atoms with Gasteiger partial charge in [-0.2, -0.15) is 0 Å². The van der Waals surface area contributed by atoms with Gasteiger partial charge in [-0.25, -0.2) is 4.63 Å². The first kappa shape index (κ1) is 19.0. The van der Waals surface area contributed by atoms with Crippen molar-refractivity contribution in [2.24, 2.45) is 11.5 Å². The van der Waals surface area contributed by atoms with E-state index < -0.39 is 4.92 Å². The van der Waals surface area contributed by atoms with Crippen LogP contribution in [0.2, 0.25) is 0 Å². The van der Waals surface area contributed by atoms with Gasteiger partial charge in [-0.1, -0.05) is 0 Å². The lowest BCUT2D eigenvalue weighted by molar-refractivity contribution is -0.383. The molecule has 0 bridgehead atoms. The van der Waals surface area contributed by atoms with Gasteiger partial charge in [0.25, 0.3) is 0 Å². The van der Waals surface area contributed by atoms with Gasteiger partial charge < -0.3 is 27.0 Å². The summed E-state index contributed by atoms with van der Waals surface area (Å²) in [5.74, 6) is 0. The van der Waals surface area contributed by atoms with E-state index in [4.69, 9.17) is 16.1 Å². The van der Waals surface area contributed by atoms with Gasteiger partial charge >= 0.3 is 5.69 Å². The molecule has 0 spiro atoms. The Kier molecular flexibility index (Phi) is 7.47. The molecule has 6 N–H and O–H groups in total. The molecule has 1 aromatic heterocycles. The van der Waals surface area contributed by atoms with Crippen molar-refractivity contribution in [3.05, 3.63) is 22.2 Å². The fourth-order valence-electron chi connectivity index (χ4n) is 2.48. The van der Waals surface area contributed by atoms with Gasteiger partial charge in [0.2, 0.25) is 5.52 Å². The summed E-state index contributed by atoms with van der Waals surface area (Å²) in [6.45, 7) is 5.38. The lowest BCUT2D eigenvalue weighted by Gasteiger charge is -2.25. The van der Waals surface area contributed by atoms with Crippen LogP contribution in [0, 0.1) is 10.1 Å². The standard InChI is InChI=1S/C14H24N8O3/c15-3-5-17-7-9-21(10-8-18-6-4-16)11-1-2-12(22(23)24)14-13(11)19-25-20-14/h1-2,17-18H,3-10,15-16H2. The zero-order valence-corrected chi connectivity index (χ0v) is 14.0. The molecule has 2 aromatic rings. The topological polar surface area (TPSA) is 161 Å². The number of hydrogen-bond acceptors (Lipinski definition) is 10. The molecule has 0 radical (unpaired) electrons. The lowest BCUT2D eigenvalue weighted by Crippen LogP contribution is -2.39. The molecule has 0 saturated carbocycles. The van der Waals surface area contributed by atoms with Crippen LogP contribution < -0.4 is 27.0 Å². The fraction of sp³-hybridized carbons (Fsp3) is 0.571. The predicted octanol–water partition coefficient (Wildman–Crippen LogP) is -0.966. The van der Waals surface area contributed by atoms with Crippen LogP contribution >= 0.6 is 0 Å². The highest BCUT2D eigenvalue weighted by atomic mass is 16.6. The number of non-ortho nitro benzene ring substituents is 1. The van der Waals surface area contributed by atoms with Crippen LogP contribution in [0.5, 0.6) is 0 Å². The van der Waals surface area contributed by atoms with Crippen LogP contribution in [0.4, 0.5) is 11.4 Å². The van der Waals surface area contributed by atoms with Crippen LogP contribution in [0.3, 0.4) is 0 Å². The Labute approximate surface area is 144 Å². The van der Waals surface area contributed by atoms with Gasteiger partial charge in [0.05, 0.1) is 10.6 Å². The number of nitrogens with two attached hydrogens (primary N) is 2. The minimum absolute atomic E-state index is 0.123. The summed E-state index contributed by atoms with van der Waals surface area (Å²) in [7, 11) is 0. The maximum Gasteiger partial charge on any atom is 0.300 e. The second kappa shape index (κ2) is 9.84. The van der Waals surface area contributed by atoms with Crippen LogP contribution in [-0.2, 0) is 0 Å². The molecule has 25 heavy (non-hydrogen) atoms. The molecule has 0 fully saturated rings. The van der Waals surface area contributed by atoms with Crippen molar-refractivity contribution in [3.8, 4) is 0 Å². The SMILES string of the molecule is NCCNCCN(CCNCCN)c1ccc([N+](=O)[O-])c2nonc12. The Morgan fingerprint density at radius 3 is 2.20 bits per heavy atom. The van der Waals surface area contributed by atoms with Crippen molar-refractivity contribution in [2.45, 2.75) is 0 Å². The van der Waals surface area contributed by atoms with Crippen LogP contribution in [0.1, 0.15) is 0 Å². The van der Waals surface area contributed by atoms with E-state index >= 15 is 0 Å². The minimum atomic E-state index is -0.494. The third-order valence-electron chi connectivity index (χ3n) is 3.67. The molecule has 0 aliphatic rings. The van der Waals surface area contributed by atoms with Crippen molar-refractivity contribution in [3.63, 3.8) is 0 Å². The van der Waals surface area contributed by atoms with Crippen molar-refractivity contribution in [2.75, 3.05) is 57.3 Å². The molecular formula is C14H24N8O3. The molecule has 0 aliphatic carbocycles. The molecule has 2 rings (SSSR count). The Hall–Kier alpha value is -2.34. The van der Waals surface area contributed by atoms with Crippen LogP contribution in [-0.4, -0.2) is 67.6 Å². The van der Waals surface area contributed by atoms with E-state index in [1.807, 2.05) is 0 Å². The third-order valence-corrected chi connectivity index (χ3v) is 3.67. The second-order valence-corrected chi connectivity index (χ2v) is 5.39. The summed E-state index contributed by atoms with van der Waals surface area (Å²) in [4.78, 5) is 12.7. The number of hydrogen-bond donors (Lipinski definition) is 4. The van der Waals surface area contributed by atoms with Gasteiger partial charge in [0.15, 0.2) is 5.52 Å². The average molecular weight is 352 g/mol. The van der Waals surface area contributed by atoms with E-state index in [-0.39, 0.29) is 11.2 Å². The second-order valence-electron chi connectivity index (χ2n) is 5.39. The number of benzene rings is 1. The van der Waals surface area contributed by atoms with Crippen molar-refractivity contribution < 1.29 is 9.55 Å². The molecule has 0 unspecified atom stereocenters. The van der Waals surface area contributed by atoms with E-state index in [0.29, 0.717) is 31.7 Å². The number of aromatic nitrogens is 2. The first-order valence-electron chi connectivity index (χ1n) is 8.15. The first-order valence-corrected chi connectivity index (χ1v) is 8.15. The van der Waals surface area contributed by atoms with Crippen molar-refractivity contribution >= 4 is 22.4 Å². The fourth-order valence-corrected chi connectivity index (χ4v) is 2.48. The smallest absolute Gasteiger partial charge is 0.300 e. The number of nitro benzene ring substituents is 1. The zero-order chi connectivity index (χ0) is 18.1. The normalized spacial score (nSPS) is 11.1. The number of nitrogens with one attached hydrogen (secondary N) is 2. The molecule has 11 heteroatoms. The molecule has 0 saturated heterocycles. The van der Waals surface area contributed by atoms with Gasteiger partial charge in [0.1, 0.15) is 0 Å². The first-order chi connectivity index (χ1) is 12.2. The maximum absolute atomic E-state index is 11.1. The number of anilines is 1. The highest BCUT2D eigenvalue weighted by Gasteiger charge is 2.22. The molecule has 0 amide bonds. The monoisotopic (exact) mass is 352 g/mol. The Morgan fingerprint density at radius 1 is 1.04 bits per heavy atom. The summed E-state index contributed by atoms with van der Waals surface area (Å²) in [5, 5.41) is 25.1. The minimum Gasteiger partial charge on any atom is -0.367 e. The Morgan fingerprint density at radius 2 is 1.64 bits per heavy atom. The zero-order valence-electron chi connectivity index (χ0n) is 14.0. The molecular weight excluding hydrogens is 328 g/mol. The molecule has 11 nitrogen and oxygen atoms in total. The van der Waals surface area contributed by atoms with Gasteiger partial charge in [-0.05, 0) is 16.4 Å². The third kappa shape index (κ3) is 5.06. The molecule has 138 valence electrons. The number of nitrogens with zero attached hydrogens (tertiary/aromatic N) is 4. The number of fused-ring (bicyclic) bond motifs is 1. The van der Waals surface area contributed by atoms with Gasteiger partial charge in [-0.3, -0.25) is 10.1 Å². The highest BCUT2D eigenvalue weighted by Crippen LogP contribution is 2.30. The quantitative estimate of drug-likeness (QED) is 0.212. The van der Waals surface area contributed by atoms with Gasteiger partial charge in [-0.15, -0.1) is 0 Å². The van der Waals surface area contributed by atoms with Crippen molar-refractivity contribution in [1.82, 2.24) is 20.9 Å². The molecule has 1 aromatic carbocycles.